The Kier molecular flexibility index (Phi) is 4.77. The first-order valence-corrected chi connectivity index (χ1v) is 9.44. The number of nitrogens with one attached hydrogen (secondary N) is 1. The molecule has 0 atom stereocenters. The summed E-state index contributed by atoms with van der Waals surface area (Å²) < 4.78 is 5.91. The van der Waals surface area contributed by atoms with Gasteiger partial charge in [-0.15, -0.1) is 0 Å². The molecule has 0 aliphatic carbocycles. The number of benzene rings is 3. The lowest BCUT2D eigenvalue weighted by atomic mass is 10.1. The number of aryl methyl sites for hydroxylation is 3. The summed E-state index contributed by atoms with van der Waals surface area (Å²) in [6.07, 6.45) is 0. The number of carbonyl (C=O) groups is 1. The molecule has 0 saturated heterocycles. The quantitative estimate of drug-likeness (QED) is 0.498. The second-order valence-corrected chi connectivity index (χ2v) is 7.32. The maximum absolute atomic E-state index is 12.6. The van der Waals surface area contributed by atoms with E-state index in [1.165, 1.54) is 6.07 Å². The number of rotatable bonds is 3. The number of anilines is 1. The molecule has 29 heavy (non-hydrogen) atoms. The second-order valence-electron chi connectivity index (χ2n) is 7.32. The smallest absolute Gasteiger partial charge is 0.255 e. The van der Waals surface area contributed by atoms with Crippen molar-refractivity contribution in [2.45, 2.75) is 20.8 Å². The van der Waals surface area contributed by atoms with E-state index in [9.17, 15) is 9.59 Å². The van der Waals surface area contributed by atoms with Crippen molar-refractivity contribution in [3.05, 3.63) is 99.2 Å². The van der Waals surface area contributed by atoms with Crippen LogP contribution < -0.4 is 10.7 Å². The van der Waals surface area contributed by atoms with Crippen LogP contribution in [0, 0.1) is 20.8 Å². The average molecular weight is 383 g/mol. The summed E-state index contributed by atoms with van der Waals surface area (Å²) in [4.78, 5) is 25.0. The first-order chi connectivity index (χ1) is 13.9. The van der Waals surface area contributed by atoms with Crippen LogP contribution in [0.5, 0.6) is 0 Å². The van der Waals surface area contributed by atoms with Crippen molar-refractivity contribution in [3.63, 3.8) is 0 Å². The topological polar surface area (TPSA) is 59.3 Å². The molecular formula is C25H21NO3. The lowest BCUT2D eigenvalue weighted by Gasteiger charge is -2.10. The van der Waals surface area contributed by atoms with Gasteiger partial charge < -0.3 is 9.73 Å². The molecule has 4 aromatic rings. The van der Waals surface area contributed by atoms with Gasteiger partial charge in [0.05, 0.1) is 5.39 Å². The van der Waals surface area contributed by atoms with E-state index < -0.39 is 0 Å². The predicted molar refractivity (Wildman–Crippen MR) is 117 cm³/mol. The number of amides is 1. The Morgan fingerprint density at radius 3 is 2.28 bits per heavy atom. The van der Waals surface area contributed by atoms with Gasteiger partial charge in [-0.25, -0.2) is 0 Å². The zero-order chi connectivity index (χ0) is 20.5. The van der Waals surface area contributed by atoms with E-state index in [0.29, 0.717) is 22.3 Å². The third-order valence-corrected chi connectivity index (χ3v) is 4.96. The van der Waals surface area contributed by atoms with Crippen molar-refractivity contribution in [2.24, 2.45) is 0 Å². The summed E-state index contributed by atoms with van der Waals surface area (Å²) in [5, 5.41) is 3.52. The Labute approximate surface area is 168 Å². The van der Waals surface area contributed by atoms with Gasteiger partial charge in [-0.1, -0.05) is 35.9 Å². The molecule has 144 valence electrons. The molecule has 0 aliphatic rings. The molecule has 0 fully saturated rings. The fraction of sp³-hybridized carbons (Fsp3) is 0.120. The summed E-state index contributed by atoms with van der Waals surface area (Å²) in [6, 6.07) is 20.0. The molecule has 0 aliphatic heterocycles. The fourth-order valence-electron chi connectivity index (χ4n) is 3.26. The van der Waals surface area contributed by atoms with Crippen LogP contribution in [0.2, 0.25) is 0 Å². The first kappa shape index (κ1) is 18.7. The van der Waals surface area contributed by atoms with Gasteiger partial charge in [0, 0.05) is 22.9 Å². The van der Waals surface area contributed by atoms with Crippen molar-refractivity contribution >= 4 is 22.6 Å². The van der Waals surface area contributed by atoms with Crippen LogP contribution in [0.3, 0.4) is 0 Å². The van der Waals surface area contributed by atoms with E-state index in [1.54, 1.807) is 24.3 Å². The number of carbonyl (C=O) groups excluding carboxylic acids is 1. The van der Waals surface area contributed by atoms with Crippen LogP contribution in [-0.4, -0.2) is 5.91 Å². The van der Waals surface area contributed by atoms with E-state index in [-0.39, 0.29) is 11.3 Å². The molecule has 0 bridgehead atoms. The molecule has 4 nitrogen and oxygen atoms in total. The monoisotopic (exact) mass is 383 g/mol. The van der Waals surface area contributed by atoms with Gasteiger partial charge in [0.25, 0.3) is 5.91 Å². The first-order valence-electron chi connectivity index (χ1n) is 9.44. The second kappa shape index (κ2) is 7.40. The van der Waals surface area contributed by atoms with E-state index in [1.807, 2.05) is 57.2 Å². The molecule has 1 N–H and O–H groups in total. The number of hydrogen-bond acceptors (Lipinski definition) is 3. The SMILES string of the molecule is Cc1ccc(C)c(NC(=O)c2ccc(-c3cc(=O)c4cc(C)ccc4o3)cc2)c1. The van der Waals surface area contributed by atoms with Crippen LogP contribution >= 0.6 is 0 Å². The maximum Gasteiger partial charge on any atom is 0.255 e. The zero-order valence-electron chi connectivity index (χ0n) is 16.6. The van der Waals surface area contributed by atoms with Crippen molar-refractivity contribution in [3.8, 4) is 11.3 Å². The van der Waals surface area contributed by atoms with E-state index in [2.05, 4.69) is 5.32 Å². The van der Waals surface area contributed by atoms with Crippen LogP contribution in [0.15, 0.2) is 75.9 Å². The molecule has 0 unspecified atom stereocenters. The highest BCUT2D eigenvalue weighted by Crippen LogP contribution is 2.24. The molecule has 4 heteroatoms. The molecule has 1 aromatic heterocycles. The standard InChI is InChI=1S/C25H21NO3/c1-15-5-11-23-20(12-15)22(27)14-24(29-23)18-7-9-19(10-8-18)25(28)26-21-13-16(2)4-6-17(21)3/h4-14H,1-3H3,(H,26,28). The van der Waals surface area contributed by atoms with E-state index in [0.717, 1.165) is 27.9 Å². The Morgan fingerprint density at radius 2 is 1.52 bits per heavy atom. The summed E-state index contributed by atoms with van der Waals surface area (Å²) in [6.45, 7) is 5.89. The van der Waals surface area contributed by atoms with E-state index in [4.69, 9.17) is 4.42 Å². The fourth-order valence-corrected chi connectivity index (χ4v) is 3.26. The van der Waals surface area contributed by atoms with Gasteiger partial charge in [-0.3, -0.25) is 9.59 Å². The minimum Gasteiger partial charge on any atom is -0.456 e. The lowest BCUT2D eigenvalue weighted by Crippen LogP contribution is -2.12. The Bertz CT molecular complexity index is 1280. The minimum atomic E-state index is -0.180. The lowest BCUT2D eigenvalue weighted by molar-refractivity contribution is 0.102. The Balaban J connectivity index is 1.61. The van der Waals surface area contributed by atoms with E-state index >= 15 is 0 Å². The molecule has 4 rings (SSSR count). The van der Waals surface area contributed by atoms with Crippen LogP contribution in [0.4, 0.5) is 5.69 Å². The normalized spacial score (nSPS) is 10.9. The van der Waals surface area contributed by atoms with Crippen molar-refractivity contribution in [1.82, 2.24) is 0 Å². The molecule has 1 amide bonds. The summed E-state index contributed by atoms with van der Waals surface area (Å²) in [5.41, 5.74) is 5.65. The van der Waals surface area contributed by atoms with Crippen LogP contribution in [-0.2, 0) is 0 Å². The highest BCUT2D eigenvalue weighted by molar-refractivity contribution is 6.04. The van der Waals surface area contributed by atoms with Crippen molar-refractivity contribution in [1.29, 1.82) is 0 Å². The third-order valence-electron chi connectivity index (χ3n) is 4.96. The summed E-state index contributed by atoms with van der Waals surface area (Å²) >= 11 is 0. The molecular weight excluding hydrogens is 362 g/mol. The van der Waals surface area contributed by atoms with Gasteiger partial charge in [0.15, 0.2) is 5.43 Å². The maximum atomic E-state index is 12.6. The van der Waals surface area contributed by atoms with Gasteiger partial charge in [0.1, 0.15) is 11.3 Å². The molecule has 3 aromatic carbocycles. The Morgan fingerprint density at radius 1 is 0.828 bits per heavy atom. The highest BCUT2D eigenvalue weighted by Gasteiger charge is 2.11. The van der Waals surface area contributed by atoms with Gasteiger partial charge in [-0.05, 0) is 62.2 Å². The molecule has 0 radical (unpaired) electrons. The van der Waals surface area contributed by atoms with Crippen molar-refractivity contribution in [2.75, 3.05) is 5.32 Å². The molecule has 0 spiro atoms. The third kappa shape index (κ3) is 3.83. The van der Waals surface area contributed by atoms with Gasteiger partial charge >= 0.3 is 0 Å². The van der Waals surface area contributed by atoms with Crippen LogP contribution in [0.25, 0.3) is 22.3 Å². The summed E-state index contributed by atoms with van der Waals surface area (Å²) in [7, 11) is 0. The molecule has 1 heterocycles. The minimum absolute atomic E-state index is 0.0818. The van der Waals surface area contributed by atoms with Crippen molar-refractivity contribution < 1.29 is 9.21 Å². The number of fused-ring (bicyclic) bond motifs is 1. The van der Waals surface area contributed by atoms with Crippen LogP contribution in [0.1, 0.15) is 27.0 Å². The highest BCUT2D eigenvalue weighted by atomic mass is 16.3. The Hall–Kier alpha value is -3.66. The largest absolute Gasteiger partial charge is 0.456 e. The average Bonchev–Trinajstić information content (AvgIpc) is 2.71. The zero-order valence-corrected chi connectivity index (χ0v) is 16.6. The predicted octanol–water partition coefficient (Wildman–Crippen LogP) is 5.64. The van der Waals surface area contributed by atoms with Gasteiger partial charge in [0.2, 0.25) is 0 Å². The summed E-state index contributed by atoms with van der Waals surface area (Å²) in [5.74, 6) is 0.300. The van der Waals surface area contributed by atoms with Gasteiger partial charge in [-0.2, -0.15) is 0 Å². The molecule has 0 saturated carbocycles. The number of hydrogen-bond donors (Lipinski definition) is 1.